The molecular formula is C15H30N4O2. The molecule has 122 valence electrons. The first-order valence-corrected chi connectivity index (χ1v) is 7.80. The second-order valence-corrected chi connectivity index (χ2v) is 6.62. The third-order valence-electron chi connectivity index (χ3n) is 3.73. The van der Waals surface area contributed by atoms with Crippen LogP contribution in [0.5, 0.6) is 0 Å². The maximum absolute atomic E-state index is 11.1. The molecule has 4 N–H and O–H groups in total. The minimum atomic E-state index is -0.231. The minimum absolute atomic E-state index is 0.111. The Morgan fingerprint density at radius 3 is 2.81 bits per heavy atom. The van der Waals surface area contributed by atoms with Crippen LogP contribution < -0.4 is 11.1 Å². The van der Waals surface area contributed by atoms with Crippen molar-refractivity contribution in [3.8, 4) is 0 Å². The molecule has 1 rings (SSSR count). The van der Waals surface area contributed by atoms with Gasteiger partial charge in [-0.05, 0) is 25.7 Å². The van der Waals surface area contributed by atoms with Crippen LogP contribution in [-0.4, -0.2) is 54.7 Å². The number of hydrogen-bond donors (Lipinski definition) is 3. The zero-order chi connectivity index (χ0) is 15.9. The first-order chi connectivity index (χ1) is 9.88. The molecule has 6 heteroatoms. The number of rotatable bonds is 6. The third-order valence-corrected chi connectivity index (χ3v) is 3.73. The molecule has 0 aromatic heterocycles. The smallest absolute Gasteiger partial charge is 0.217 e. The van der Waals surface area contributed by atoms with E-state index >= 15 is 0 Å². The molecule has 1 fully saturated rings. The maximum atomic E-state index is 11.1. The second-order valence-electron chi connectivity index (χ2n) is 6.62. The zero-order valence-corrected chi connectivity index (χ0v) is 13.6. The molecule has 0 aliphatic carbocycles. The van der Waals surface area contributed by atoms with Crippen molar-refractivity contribution >= 4 is 11.9 Å². The van der Waals surface area contributed by atoms with Crippen molar-refractivity contribution in [3.05, 3.63) is 0 Å². The van der Waals surface area contributed by atoms with E-state index in [0.717, 1.165) is 38.4 Å². The van der Waals surface area contributed by atoms with Gasteiger partial charge in [0.15, 0.2) is 5.96 Å². The van der Waals surface area contributed by atoms with Crippen molar-refractivity contribution in [3.63, 3.8) is 0 Å². The van der Waals surface area contributed by atoms with Crippen molar-refractivity contribution < 1.29 is 9.90 Å². The van der Waals surface area contributed by atoms with Gasteiger partial charge in [-0.25, -0.2) is 0 Å². The van der Waals surface area contributed by atoms with Gasteiger partial charge in [0.2, 0.25) is 5.91 Å². The van der Waals surface area contributed by atoms with Crippen molar-refractivity contribution in [2.45, 2.75) is 40.0 Å². The number of likely N-dealkylation sites (tertiary alicyclic amines) is 1. The van der Waals surface area contributed by atoms with Gasteiger partial charge in [0.1, 0.15) is 0 Å². The van der Waals surface area contributed by atoms with E-state index in [1.165, 1.54) is 0 Å². The fraction of sp³-hybridized carbons (Fsp3) is 0.867. The van der Waals surface area contributed by atoms with Crippen LogP contribution in [-0.2, 0) is 4.79 Å². The van der Waals surface area contributed by atoms with E-state index < -0.39 is 0 Å². The van der Waals surface area contributed by atoms with E-state index in [4.69, 9.17) is 5.73 Å². The summed E-state index contributed by atoms with van der Waals surface area (Å²) in [5, 5.41) is 12.6. The number of nitrogens with one attached hydrogen (secondary N) is 1. The summed E-state index contributed by atoms with van der Waals surface area (Å²) >= 11 is 0. The molecule has 1 aliphatic heterocycles. The van der Waals surface area contributed by atoms with Gasteiger partial charge in [-0.2, -0.15) is 0 Å². The summed E-state index contributed by atoms with van der Waals surface area (Å²) in [6, 6.07) is 0. The Kier molecular flexibility index (Phi) is 6.95. The summed E-state index contributed by atoms with van der Waals surface area (Å²) in [6.07, 6.45) is 2.53. The molecule has 1 unspecified atom stereocenters. The van der Waals surface area contributed by atoms with Gasteiger partial charge in [-0.15, -0.1) is 0 Å². The molecule has 0 spiro atoms. The van der Waals surface area contributed by atoms with Crippen molar-refractivity contribution in [1.29, 1.82) is 0 Å². The number of hydrogen-bond acceptors (Lipinski definition) is 3. The first-order valence-electron chi connectivity index (χ1n) is 7.80. The molecule has 6 nitrogen and oxygen atoms in total. The lowest BCUT2D eigenvalue weighted by molar-refractivity contribution is -0.119. The van der Waals surface area contributed by atoms with E-state index in [2.05, 4.69) is 15.2 Å². The lowest BCUT2D eigenvalue weighted by Crippen LogP contribution is -2.47. The zero-order valence-electron chi connectivity index (χ0n) is 13.6. The normalized spacial score (nSPS) is 20.5. The lowest BCUT2D eigenvalue weighted by atomic mass is 9.94. The Morgan fingerprint density at radius 2 is 2.24 bits per heavy atom. The van der Waals surface area contributed by atoms with E-state index in [-0.39, 0.29) is 17.9 Å². The number of carbonyl (C=O) groups is 1. The number of aliphatic hydroxyl groups excluding tert-OH is 1. The number of primary amides is 1. The Hall–Kier alpha value is -1.30. The van der Waals surface area contributed by atoms with Crippen LogP contribution in [0.2, 0.25) is 0 Å². The summed E-state index contributed by atoms with van der Waals surface area (Å²) < 4.78 is 0. The average molecular weight is 298 g/mol. The van der Waals surface area contributed by atoms with Crippen LogP contribution in [0.1, 0.15) is 40.0 Å². The van der Waals surface area contributed by atoms with Crippen molar-refractivity contribution in [2.75, 3.05) is 32.8 Å². The highest BCUT2D eigenvalue weighted by Crippen LogP contribution is 2.20. The largest absolute Gasteiger partial charge is 0.396 e. The van der Waals surface area contributed by atoms with Gasteiger partial charge in [-0.1, -0.05) is 13.8 Å². The summed E-state index contributed by atoms with van der Waals surface area (Å²) in [4.78, 5) is 17.9. The molecular weight excluding hydrogens is 268 g/mol. The Bertz CT molecular complexity index is 369. The standard InChI is InChI=1S/C15H30N4O2/c1-4-17-14(18-10-15(2,3)11-20)19-7-5-6-12(9-19)8-13(16)21/h12,20H,4-11H2,1-3H3,(H2,16,21)(H,17,18). The summed E-state index contributed by atoms with van der Waals surface area (Å²) in [6.45, 7) is 9.27. The number of aliphatic imine (C=N–C) groups is 1. The number of piperidine rings is 1. The highest BCUT2D eigenvalue weighted by molar-refractivity contribution is 5.80. The molecule has 1 amide bonds. The topological polar surface area (TPSA) is 91.0 Å². The molecule has 0 aromatic rings. The molecule has 1 saturated heterocycles. The van der Waals surface area contributed by atoms with Gasteiger partial charge in [-0.3, -0.25) is 9.79 Å². The maximum Gasteiger partial charge on any atom is 0.217 e. The third kappa shape index (κ3) is 6.33. The van der Waals surface area contributed by atoms with Gasteiger partial charge >= 0.3 is 0 Å². The summed E-state index contributed by atoms with van der Waals surface area (Å²) in [7, 11) is 0. The van der Waals surface area contributed by atoms with E-state index in [9.17, 15) is 9.90 Å². The summed E-state index contributed by atoms with van der Waals surface area (Å²) in [5.74, 6) is 0.948. The average Bonchev–Trinajstić information content (AvgIpc) is 2.43. The minimum Gasteiger partial charge on any atom is -0.396 e. The monoisotopic (exact) mass is 298 g/mol. The molecule has 0 aromatic carbocycles. The van der Waals surface area contributed by atoms with Gasteiger partial charge in [0, 0.05) is 38.1 Å². The van der Waals surface area contributed by atoms with Crippen LogP contribution in [0, 0.1) is 11.3 Å². The number of amides is 1. The first kappa shape index (κ1) is 17.8. The highest BCUT2D eigenvalue weighted by Gasteiger charge is 2.24. The fourth-order valence-electron chi connectivity index (χ4n) is 2.47. The Morgan fingerprint density at radius 1 is 1.52 bits per heavy atom. The molecule has 0 bridgehead atoms. The molecule has 1 aliphatic rings. The van der Waals surface area contributed by atoms with Crippen molar-refractivity contribution in [1.82, 2.24) is 10.2 Å². The second kappa shape index (κ2) is 8.22. The number of carbonyl (C=O) groups excluding carboxylic acids is 1. The SMILES string of the molecule is CCNC(=NCC(C)(C)CO)N1CCCC(CC(N)=O)C1. The van der Waals surface area contributed by atoms with E-state index in [0.29, 0.717) is 18.9 Å². The fourth-order valence-corrected chi connectivity index (χ4v) is 2.47. The van der Waals surface area contributed by atoms with Crippen molar-refractivity contribution in [2.24, 2.45) is 22.1 Å². The van der Waals surface area contributed by atoms with E-state index in [1.54, 1.807) is 0 Å². The number of aliphatic hydroxyl groups is 1. The molecule has 1 heterocycles. The predicted molar refractivity (Wildman–Crippen MR) is 85.0 cm³/mol. The molecule has 21 heavy (non-hydrogen) atoms. The molecule has 0 saturated carbocycles. The highest BCUT2D eigenvalue weighted by atomic mass is 16.3. The lowest BCUT2D eigenvalue weighted by Gasteiger charge is -2.35. The van der Waals surface area contributed by atoms with Crippen LogP contribution >= 0.6 is 0 Å². The van der Waals surface area contributed by atoms with Crippen LogP contribution in [0.25, 0.3) is 0 Å². The van der Waals surface area contributed by atoms with Gasteiger partial charge < -0.3 is 21.1 Å². The molecule has 0 radical (unpaired) electrons. The predicted octanol–water partition coefficient (Wildman–Crippen LogP) is 0.558. The van der Waals surface area contributed by atoms with Gasteiger partial charge in [0.25, 0.3) is 0 Å². The number of guanidine groups is 1. The van der Waals surface area contributed by atoms with Crippen LogP contribution in [0.4, 0.5) is 0 Å². The number of nitrogens with two attached hydrogens (primary N) is 1. The summed E-state index contributed by atoms with van der Waals surface area (Å²) in [5.41, 5.74) is 5.09. The van der Waals surface area contributed by atoms with Gasteiger partial charge in [0.05, 0.1) is 6.54 Å². The van der Waals surface area contributed by atoms with Crippen LogP contribution in [0.3, 0.4) is 0 Å². The number of nitrogens with zero attached hydrogens (tertiary/aromatic N) is 2. The Labute approximate surface area is 127 Å². The van der Waals surface area contributed by atoms with E-state index in [1.807, 2.05) is 20.8 Å². The van der Waals surface area contributed by atoms with Crippen LogP contribution in [0.15, 0.2) is 4.99 Å². The Balaban J connectivity index is 2.70. The molecule has 1 atom stereocenters. The quantitative estimate of drug-likeness (QED) is 0.493.